The van der Waals surface area contributed by atoms with Gasteiger partial charge in [0.2, 0.25) is 0 Å². The van der Waals surface area contributed by atoms with Crippen LogP contribution in [0.3, 0.4) is 0 Å². The van der Waals surface area contributed by atoms with Crippen LogP contribution in [0.4, 0.5) is 20.2 Å². The first-order chi connectivity index (χ1) is 9.38. The number of anilines is 2. The molecule has 3 N–H and O–H groups in total. The number of nitrogen functional groups attached to an aromatic ring is 1. The largest absolute Gasteiger partial charge is 0.397 e. The van der Waals surface area contributed by atoms with E-state index in [1.807, 2.05) is 0 Å². The number of nitrogens with two attached hydrogens (primary N) is 1. The molecular formula is C13H8BrClF2N2O. The fraction of sp³-hybridized carbons (Fsp3) is 0. The summed E-state index contributed by atoms with van der Waals surface area (Å²) in [5, 5.41) is 2.68. The van der Waals surface area contributed by atoms with Gasteiger partial charge in [0.1, 0.15) is 17.2 Å². The number of halogens is 4. The number of benzene rings is 2. The summed E-state index contributed by atoms with van der Waals surface area (Å²) in [6.07, 6.45) is 0. The van der Waals surface area contributed by atoms with Crippen LogP contribution < -0.4 is 11.1 Å². The number of carbonyl (C=O) groups is 1. The van der Waals surface area contributed by atoms with Crippen LogP contribution in [0.2, 0.25) is 5.02 Å². The summed E-state index contributed by atoms with van der Waals surface area (Å²) in [7, 11) is 0. The van der Waals surface area contributed by atoms with Crippen LogP contribution >= 0.6 is 27.5 Å². The van der Waals surface area contributed by atoms with E-state index in [9.17, 15) is 13.6 Å². The SMILES string of the molecule is Nc1cc(NC(=O)c2c(F)cc(Br)cc2F)ccc1Cl. The number of carbonyl (C=O) groups excluding carboxylic acids is 1. The smallest absolute Gasteiger partial charge is 0.261 e. The highest BCUT2D eigenvalue weighted by Gasteiger charge is 2.18. The fourth-order valence-corrected chi connectivity index (χ4v) is 2.09. The first-order valence-corrected chi connectivity index (χ1v) is 6.56. The first-order valence-electron chi connectivity index (χ1n) is 5.39. The molecule has 0 spiro atoms. The van der Waals surface area contributed by atoms with Crippen LogP contribution in [-0.4, -0.2) is 5.91 Å². The standard InChI is InChI=1S/C13H8BrClF2N2O/c14-6-3-9(16)12(10(17)4-6)13(20)19-7-1-2-8(15)11(18)5-7/h1-5H,18H2,(H,19,20). The molecule has 2 aromatic rings. The molecule has 0 fully saturated rings. The van der Waals surface area contributed by atoms with Crippen molar-refractivity contribution >= 4 is 44.8 Å². The van der Waals surface area contributed by atoms with Crippen LogP contribution in [0, 0.1) is 11.6 Å². The average molecular weight is 362 g/mol. The van der Waals surface area contributed by atoms with Crippen LogP contribution in [0.5, 0.6) is 0 Å². The Balaban J connectivity index is 2.31. The van der Waals surface area contributed by atoms with Crippen molar-refractivity contribution in [2.24, 2.45) is 0 Å². The van der Waals surface area contributed by atoms with E-state index in [2.05, 4.69) is 21.2 Å². The predicted molar refractivity (Wildman–Crippen MR) is 77.9 cm³/mol. The predicted octanol–water partition coefficient (Wildman–Crippen LogP) is 4.22. The molecule has 0 radical (unpaired) electrons. The Labute approximate surface area is 126 Å². The first kappa shape index (κ1) is 14.7. The van der Waals surface area contributed by atoms with Gasteiger partial charge in [0.15, 0.2) is 0 Å². The lowest BCUT2D eigenvalue weighted by Gasteiger charge is -2.08. The van der Waals surface area contributed by atoms with Gasteiger partial charge < -0.3 is 11.1 Å². The molecule has 3 nitrogen and oxygen atoms in total. The van der Waals surface area contributed by atoms with Crippen molar-refractivity contribution in [3.63, 3.8) is 0 Å². The molecule has 2 rings (SSSR count). The minimum absolute atomic E-state index is 0.208. The maximum Gasteiger partial charge on any atom is 0.261 e. The summed E-state index contributed by atoms with van der Waals surface area (Å²) in [5.74, 6) is -2.83. The monoisotopic (exact) mass is 360 g/mol. The Morgan fingerprint density at radius 1 is 1.20 bits per heavy atom. The van der Waals surface area contributed by atoms with Crippen LogP contribution in [0.1, 0.15) is 10.4 Å². The van der Waals surface area contributed by atoms with Gasteiger partial charge in [0.05, 0.1) is 10.7 Å². The lowest BCUT2D eigenvalue weighted by atomic mass is 10.1. The average Bonchev–Trinajstić information content (AvgIpc) is 2.32. The molecule has 0 aromatic heterocycles. The zero-order valence-corrected chi connectivity index (χ0v) is 12.2. The molecule has 0 unspecified atom stereocenters. The second kappa shape index (κ2) is 5.76. The second-order valence-electron chi connectivity index (χ2n) is 3.93. The molecule has 0 aliphatic heterocycles. The van der Waals surface area contributed by atoms with Crippen molar-refractivity contribution in [1.82, 2.24) is 0 Å². The summed E-state index contributed by atoms with van der Waals surface area (Å²) in [6, 6.07) is 6.36. The normalized spacial score (nSPS) is 10.4. The highest BCUT2D eigenvalue weighted by Crippen LogP contribution is 2.24. The number of hydrogen-bond donors (Lipinski definition) is 2. The van der Waals surface area contributed by atoms with Crippen LogP contribution in [0.25, 0.3) is 0 Å². The Morgan fingerprint density at radius 3 is 2.35 bits per heavy atom. The third kappa shape index (κ3) is 3.08. The molecule has 104 valence electrons. The fourth-order valence-electron chi connectivity index (χ4n) is 1.57. The van der Waals surface area contributed by atoms with E-state index in [0.717, 1.165) is 12.1 Å². The molecular weight excluding hydrogens is 354 g/mol. The number of nitrogens with one attached hydrogen (secondary N) is 1. The minimum atomic E-state index is -0.962. The van der Waals surface area contributed by atoms with Crippen LogP contribution in [-0.2, 0) is 0 Å². The number of amides is 1. The Hall–Kier alpha value is -1.66. The zero-order chi connectivity index (χ0) is 14.9. The van der Waals surface area contributed by atoms with Crippen molar-refractivity contribution in [2.45, 2.75) is 0 Å². The second-order valence-corrected chi connectivity index (χ2v) is 5.26. The van der Waals surface area contributed by atoms with Gasteiger partial charge in [0.25, 0.3) is 5.91 Å². The van der Waals surface area contributed by atoms with E-state index in [0.29, 0.717) is 10.7 Å². The summed E-state index contributed by atoms with van der Waals surface area (Å²) in [4.78, 5) is 11.9. The summed E-state index contributed by atoms with van der Waals surface area (Å²) >= 11 is 8.68. The zero-order valence-electron chi connectivity index (χ0n) is 9.88. The van der Waals surface area contributed by atoms with E-state index in [-0.39, 0.29) is 10.2 Å². The maximum atomic E-state index is 13.6. The van der Waals surface area contributed by atoms with Gasteiger partial charge in [-0.25, -0.2) is 8.78 Å². The highest BCUT2D eigenvalue weighted by molar-refractivity contribution is 9.10. The van der Waals surface area contributed by atoms with Gasteiger partial charge in [-0.2, -0.15) is 0 Å². The molecule has 0 saturated heterocycles. The van der Waals surface area contributed by atoms with Crippen molar-refractivity contribution in [2.75, 3.05) is 11.1 Å². The van der Waals surface area contributed by atoms with E-state index >= 15 is 0 Å². The van der Waals surface area contributed by atoms with Gasteiger partial charge in [-0.3, -0.25) is 4.79 Å². The molecule has 0 saturated carbocycles. The van der Waals surface area contributed by atoms with Gasteiger partial charge >= 0.3 is 0 Å². The van der Waals surface area contributed by atoms with E-state index in [1.54, 1.807) is 0 Å². The Kier molecular flexibility index (Phi) is 4.25. The lowest BCUT2D eigenvalue weighted by Crippen LogP contribution is -2.16. The van der Waals surface area contributed by atoms with Gasteiger partial charge in [0, 0.05) is 10.2 Å². The topological polar surface area (TPSA) is 55.1 Å². The van der Waals surface area contributed by atoms with Crippen molar-refractivity contribution in [3.05, 3.63) is 57.0 Å². The summed E-state index contributed by atoms with van der Waals surface area (Å²) in [5.41, 5.74) is 5.45. The molecule has 0 aliphatic rings. The molecule has 0 aliphatic carbocycles. The Morgan fingerprint density at radius 2 is 1.80 bits per heavy atom. The number of hydrogen-bond acceptors (Lipinski definition) is 2. The molecule has 0 atom stereocenters. The van der Waals surface area contributed by atoms with E-state index < -0.39 is 23.1 Å². The van der Waals surface area contributed by atoms with Crippen molar-refractivity contribution in [1.29, 1.82) is 0 Å². The van der Waals surface area contributed by atoms with Gasteiger partial charge in [-0.05, 0) is 30.3 Å². The number of rotatable bonds is 2. The molecule has 7 heteroatoms. The van der Waals surface area contributed by atoms with Crippen molar-refractivity contribution in [3.8, 4) is 0 Å². The summed E-state index contributed by atoms with van der Waals surface area (Å²) in [6.45, 7) is 0. The maximum absolute atomic E-state index is 13.6. The molecule has 20 heavy (non-hydrogen) atoms. The van der Waals surface area contributed by atoms with E-state index in [1.165, 1.54) is 18.2 Å². The molecule has 0 bridgehead atoms. The molecule has 2 aromatic carbocycles. The third-order valence-corrected chi connectivity index (χ3v) is 3.29. The van der Waals surface area contributed by atoms with E-state index in [4.69, 9.17) is 17.3 Å². The Bertz CT molecular complexity index is 671. The molecule has 1 amide bonds. The summed E-state index contributed by atoms with van der Waals surface area (Å²) < 4.78 is 27.5. The van der Waals surface area contributed by atoms with Gasteiger partial charge in [-0.15, -0.1) is 0 Å². The highest BCUT2D eigenvalue weighted by atomic mass is 79.9. The van der Waals surface area contributed by atoms with Crippen LogP contribution in [0.15, 0.2) is 34.8 Å². The lowest BCUT2D eigenvalue weighted by molar-refractivity contribution is 0.101. The minimum Gasteiger partial charge on any atom is -0.397 e. The molecule has 0 heterocycles. The van der Waals surface area contributed by atoms with Crippen molar-refractivity contribution < 1.29 is 13.6 Å². The third-order valence-electron chi connectivity index (χ3n) is 2.49. The quantitative estimate of drug-likeness (QED) is 0.787. The van der Waals surface area contributed by atoms with Gasteiger partial charge in [-0.1, -0.05) is 27.5 Å².